The lowest BCUT2D eigenvalue weighted by Crippen LogP contribution is -2.66. The molecule has 0 aromatic heterocycles. The fourth-order valence-corrected chi connectivity index (χ4v) is 11.3. The molecule has 0 bridgehead atoms. The van der Waals surface area contributed by atoms with Crippen LogP contribution in [0.3, 0.4) is 0 Å². The van der Waals surface area contributed by atoms with E-state index in [2.05, 4.69) is 35.1 Å². The summed E-state index contributed by atoms with van der Waals surface area (Å²) < 4.78 is 26.5. The molecule has 0 aromatic rings. The molecule has 0 spiro atoms. The van der Waals surface area contributed by atoms with Gasteiger partial charge in [0.1, 0.15) is 12.1 Å². The number of carbonyl (C=O) groups excluding carboxylic acids is 5. The van der Waals surface area contributed by atoms with E-state index in [1.807, 2.05) is 27.7 Å². The number of rotatable bonds is 12. The summed E-state index contributed by atoms with van der Waals surface area (Å²) >= 11 is 0. The quantitative estimate of drug-likeness (QED) is 0.226. The van der Waals surface area contributed by atoms with Crippen LogP contribution in [0.25, 0.3) is 0 Å². The number of Topliss-reactive ketones (excluding diaryl/α,β-unsaturated/α-hetero) is 1. The Kier molecular flexibility index (Phi) is 10.8. The number of sulfone groups is 1. The topological polar surface area (TPSA) is 171 Å². The molecule has 3 aliphatic carbocycles. The third-order valence-electron chi connectivity index (χ3n) is 12.1. The van der Waals surface area contributed by atoms with E-state index in [9.17, 15) is 32.4 Å². The molecule has 5 fully saturated rings. The van der Waals surface area contributed by atoms with Gasteiger partial charge in [-0.05, 0) is 67.6 Å². The zero-order valence-corrected chi connectivity index (χ0v) is 31.2. The van der Waals surface area contributed by atoms with Crippen LogP contribution >= 0.6 is 0 Å². The second kappa shape index (κ2) is 14.1. The first kappa shape index (κ1) is 37.6. The molecule has 6 atom stereocenters. The number of nitrogens with zero attached hydrogens (tertiary/aromatic N) is 1. The number of hydrogen-bond donors (Lipinski definition) is 4. The predicted octanol–water partition coefficient (Wildman–Crippen LogP) is 3.38. The minimum Gasteiger partial charge on any atom is -0.347 e. The molecule has 12 nitrogen and oxygen atoms in total. The number of piperidine rings is 1. The first-order valence-corrected chi connectivity index (χ1v) is 20.4. The maximum absolute atomic E-state index is 14.5. The third-order valence-corrected chi connectivity index (χ3v) is 14.5. The number of ketones is 1. The molecule has 5 amide bonds. The first-order chi connectivity index (χ1) is 22.9. The molecular weight excluding hydrogens is 646 g/mol. The van der Waals surface area contributed by atoms with Crippen molar-refractivity contribution in [2.75, 3.05) is 12.3 Å². The normalized spacial score (nSPS) is 29.5. The van der Waals surface area contributed by atoms with Crippen LogP contribution in [0.1, 0.15) is 125 Å². The summed E-state index contributed by atoms with van der Waals surface area (Å²) in [6.07, 6.45) is 9.13. The number of likely N-dealkylation sites (tertiary alicyclic amines) is 1. The van der Waals surface area contributed by atoms with Crippen molar-refractivity contribution >= 4 is 39.4 Å². The summed E-state index contributed by atoms with van der Waals surface area (Å²) in [4.78, 5) is 69.9. The molecular formula is C36H59N5O7S. The van der Waals surface area contributed by atoms with Gasteiger partial charge in [-0.1, -0.05) is 80.1 Å². The van der Waals surface area contributed by atoms with E-state index in [0.29, 0.717) is 45.1 Å². The van der Waals surface area contributed by atoms with Crippen LogP contribution in [-0.2, 0) is 29.0 Å². The van der Waals surface area contributed by atoms with Crippen LogP contribution < -0.4 is 21.3 Å². The number of nitrogens with one attached hydrogen (secondary N) is 4. The van der Waals surface area contributed by atoms with E-state index in [4.69, 9.17) is 0 Å². The van der Waals surface area contributed by atoms with E-state index in [1.54, 1.807) is 4.90 Å². The lowest BCUT2D eigenvalue weighted by Gasteiger charge is -2.45. The van der Waals surface area contributed by atoms with Gasteiger partial charge >= 0.3 is 6.03 Å². The average Bonchev–Trinajstić information content (AvgIpc) is 3.88. The van der Waals surface area contributed by atoms with Gasteiger partial charge in [-0.3, -0.25) is 19.2 Å². The Morgan fingerprint density at radius 1 is 0.918 bits per heavy atom. The highest BCUT2D eigenvalue weighted by Crippen LogP contribution is 2.65. The Hall–Kier alpha value is -2.70. The molecule has 13 heteroatoms. The Bertz CT molecular complexity index is 1410. The minimum absolute atomic E-state index is 0.00837. The maximum atomic E-state index is 14.5. The van der Waals surface area contributed by atoms with Gasteiger partial charge < -0.3 is 26.2 Å². The lowest BCUT2D eigenvalue weighted by atomic mass is 9.77. The highest BCUT2D eigenvalue weighted by molar-refractivity contribution is 7.92. The van der Waals surface area contributed by atoms with Crippen molar-refractivity contribution in [2.24, 2.45) is 22.7 Å². The fraction of sp³-hybridized carbons (Fsp3) is 0.861. The fourth-order valence-electron chi connectivity index (χ4n) is 8.88. The lowest BCUT2D eigenvalue weighted by molar-refractivity contribution is -0.145. The number of fused-ring (bicyclic) bond motifs is 1. The molecule has 2 heterocycles. The highest BCUT2D eigenvalue weighted by atomic mass is 32.2. The predicted molar refractivity (Wildman–Crippen MR) is 186 cm³/mol. The maximum Gasteiger partial charge on any atom is 0.315 e. The van der Waals surface area contributed by atoms with Gasteiger partial charge in [-0.2, -0.15) is 0 Å². The van der Waals surface area contributed by atoms with Gasteiger partial charge in [0.15, 0.2) is 9.84 Å². The third kappa shape index (κ3) is 7.96. The smallest absolute Gasteiger partial charge is 0.315 e. The highest BCUT2D eigenvalue weighted by Gasteiger charge is 2.70. The van der Waals surface area contributed by atoms with Gasteiger partial charge in [-0.15, -0.1) is 0 Å². The molecule has 276 valence electrons. The summed E-state index contributed by atoms with van der Waals surface area (Å²) in [7, 11) is -3.38. The van der Waals surface area contributed by atoms with Crippen molar-refractivity contribution in [1.29, 1.82) is 0 Å². The van der Waals surface area contributed by atoms with Crippen molar-refractivity contribution in [1.82, 2.24) is 26.2 Å². The van der Waals surface area contributed by atoms with E-state index in [0.717, 1.165) is 44.9 Å². The average molecular weight is 706 g/mol. The van der Waals surface area contributed by atoms with Crippen LogP contribution in [0.4, 0.5) is 4.79 Å². The van der Waals surface area contributed by atoms with Crippen molar-refractivity contribution < 1.29 is 32.4 Å². The largest absolute Gasteiger partial charge is 0.347 e. The van der Waals surface area contributed by atoms with Crippen molar-refractivity contribution in [3.05, 3.63) is 0 Å². The van der Waals surface area contributed by atoms with Crippen LogP contribution in [0.5, 0.6) is 0 Å². The molecule has 49 heavy (non-hydrogen) atoms. The molecule has 2 saturated heterocycles. The van der Waals surface area contributed by atoms with Gasteiger partial charge in [-0.25, -0.2) is 13.2 Å². The Morgan fingerprint density at radius 3 is 2.18 bits per heavy atom. The minimum atomic E-state index is -3.38. The zero-order valence-electron chi connectivity index (χ0n) is 30.4. The molecule has 0 unspecified atom stereocenters. The number of urea groups is 1. The van der Waals surface area contributed by atoms with E-state index >= 15 is 0 Å². The second-order valence-electron chi connectivity index (χ2n) is 17.2. The first-order valence-electron chi connectivity index (χ1n) is 18.7. The Balaban J connectivity index is 1.34. The molecule has 5 aliphatic rings. The second-order valence-corrected chi connectivity index (χ2v) is 19.5. The standard InChI is InChI=1S/C36H59N5O7S/c1-7-8-14-24(28(42)31(44)37-22-16-17-22)38-30(43)27-26-23(35(26,5)6)21-41(27)32(45)29(34(2,3)4)39-33(46)40-36(18-11-9-12-19-36)25-15-10-13-20-49(25,47)48/h22-27,29H,7-21H2,1-6H3,(H,37,44)(H,38,43)(H2,39,40,46)/t23-,24-,25-,26-,27-,29+/m0/s1. The van der Waals surface area contributed by atoms with E-state index in [-0.39, 0.29) is 29.0 Å². The van der Waals surface area contributed by atoms with Gasteiger partial charge in [0.25, 0.3) is 5.91 Å². The van der Waals surface area contributed by atoms with Crippen LogP contribution in [0, 0.1) is 22.7 Å². The molecule has 4 N–H and O–H groups in total. The van der Waals surface area contributed by atoms with E-state index < -0.39 is 73.7 Å². The SMILES string of the molecule is CCCC[C@H](NC(=O)[C@@H]1[C@@H]2[C@H](CN1C(=O)[C@@H](NC(=O)NC1([C@@H]3CCCCS3(=O)=O)CCCCC1)C(C)(C)C)C2(C)C)C(=O)C(=O)NC1CC1. The summed E-state index contributed by atoms with van der Waals surface area (Å²) in [5, 5.41) is 11.0. The van der Waals surface area contributed by atoms with Crippen molar-refractivity contribution in [2.45, 2.75) is 160 Å². The zero-order chi connectivity index (χ0) is 35.9. The van der Waals surface area contributed by atoms with Gasteiger partial charge in [0, 0.05) is 12.6 Å². The van der Waals surface area contributed by atoms with Gasteiger partial charge in [0.05, 0.1) is 22.6 Å². The van der Waals surface area contributed by atoms with Gasteiger partial charge in [0.2, 0.25) is 17.6 Å². The number of carbonyl (C=O) groups is 5. The number of unbranched alkanes of at least 4 members (excludes halogenated alkanes) is 1. The molecule has 0 radical (unpaired) electrons. The summed E-state index contributed by atoms with van der Waals surface area (Å²) in [6, 6.07) is -3.42. The Labute approximate surface area is 292 Å². The summed E-state index contributed by atoms with van der Waals surface area (Å²) in [5.41, 5.74) is -1.82. The molecule has 0 aromatic carbocycles. The molecule has 2 aliphatic heterocycles. The molecule has 3 saturated carbocycles. The van der Waals surface area contributed by atoms with Crippen LogP contribution in [0.15, 0.2) is 0 Å². The van der Waals surface area contributed by atoms with Crippen LogP contribution in [0.2, 0.25) is 0 Å². The van der Waals surface area contributed by atoms with E-state index in [1.165, 1.54) is 0 Å². The summed E-state index contributed by atoms with van der Waals surface area (Å²) in [5.74, 6) is -2.13. The summed E-state index contributed by atoms with van der Waals surface area (Å²) in [6.45, 7) is 12.0. The number of amides is 5. The number of hydrogen-bond acceptors (Lipinski definition) is 7. The van der Waals surface area contributed by atoms with Crippen molar-refractivity contribution in [3.63, 3.8) is 0 Å². The van der Waals surface area contributed by atoms with Crippen molar-refractivity contribution in [3.8, 4) is 0 Å². The Morgan fingerprint density at radius 2 is 1.59 bits per heavy atom. The molecule has 5 rings (SSSR count). The van der Waals surface area contributed by atoms with Crippen LogP contribution in [-0.4, -0.2) is 90.1 Å². The monoisotopic (exact) mass is 705 g/mol.